The van der Waals surface area contributed by atoms with Crippen LogP contribution in [-0.2, 0) is 22.6 Å². The zero-order chi connectivity index (χ0) is 17.3. The number of rotatable bonds is 1. The van der Waals surface area contributed by atoms with Crippen LogP contribution in [0.15, 0.2) is 22.9 Å². The molecule has 3 heterocycles. The van der Waals surface area contributed by atoms with Crippen molar-refractivity contribution in [1.29, 1.82) is 0 Å². The Hall–Kier alpha value is -1.12. The van der Waals surface area contributed by atoms with E-state index in [0.29, 0.717) is 39.6 Å². The molecule has 0 fully saturated rings. The highest BCUT2D eigenvalue weighted by Crippen LogP contribution is 2.30. The van der Waals surface area contributed by atoms with Crippen molar-refractivity contribution in [3.8, 4) is 11.5 Å². The molecule has 0 saturated heterocycles. The highest BCUT2D eigenvalue weighted by molar-refractivity contribution is 7.10. The van der Waals surface area contributed by atoms with Crippen LogP contribution < -0.4 is 9.47 Å². The van der Waals surface area contributed by atoms with Gasteiger partial charge in [0.2, 0.25) is 0 Å². The summed E-state index contributed by atoms with van der Waals surface area (Å²) in [6.45, 7) is 8.35. The van der Waals surface area contributed by atoms with Gasteiger partial charge in [-0.3, -0.25) is 4.90 Å². The van der Waals surface area contributed by atoms with E-state index in [1.165, 1.54) is 9.75 Å². The molecule has 0 bridgehead atoms. The molecule has 3 rings (SSSR count). The summed E-state index contributed by atoms with van der Waals surface area (Å²) in [6.07, 6.45) is 0. The van der Waals surface area contributed by atoms with Gasteiger partial charge in [0, 0.05) is 13.1 Å². The predicted molar refractivity (Wildman–Crippen MR) is 101 cm³/mol. The van der Waals surface area contributed by atoms with Crippen LogP contribution in [-0.4, -0.2) is 51.1 Å². The summed E-state index contributed by atoms with van der Waals surface area (Å²) in [5.74, 6) is 1.94. The average molecular weight is 384 g/mol. The second-order valence-corrected chi connectivity index (χ2v) is 7.64. The van der Waals surface area contributed by atoms with E-state index in [-0.39, 0.29) is 0 Å². The largest absolute Gasteiger partial charge is 0.490 e. The minimum absolute atomic E-state index is 0.564. The van der Waals surface area contributed by atoms with Crippen LogP contribution in [0, 0.1) is 0 Å². The van der Waals surface area contributed by atoms with Crippen molar-refractivity contribution in [2.24, 2.45) is 0 Å². The lowest BCUT2D eigenvalue weighted by Crippen LogP contribution is -2.22. The molecule has 25 heavy (non-hydrogen) atoms. The Morgan fingerprint density at radius 3 is 1.76 bits per heavy atom. The SMILES string of the molecule is CCN1Cc2sccc2OCCOCCOCCOc2ccsc2C1. The first-order valence-corrected chi connectivity index (χ1v) is 10.4. The first-order valence-electron chi connectivity index (χ1n) is 8.63. The standard InChI is InChI=1S/C18H25NO4S2/c1-2-19-13-17-15(3-11-24-17)22-9-7-20-5-6-21-8-10-23-16-4-12-25-18(16)14-19/h3-4,11-12H,2,5-10,13-14H2,1H3. The lowest BCUT2D eigenvalue weighted by Gasteiger charge is -2.20. The highest BCUT2D eigenvalue weighted by atomic mass is 32.1. The molecule has 1 aliphatic rings. The van der Waals surface area contributed by atoms with Crippen LogP contribution in [0.25, 0.3) is 0 Å². The maximum Gasteiger partial charge on any atom is 0.134 e. The van der Waals surface area contributed by atoms with Crippen LogP contribution in [0.5, 0.6) is 11.5 Å². The van der Waals surface area contributed by atoms with Gasteiger partial charge in [-0.2, -0.15) is 0 Å². The lowest BCUT2D eigenvalue weighted by atomic mass is 10.3. The Bertz CT molecular complexity index is 576. The van der Waals surface area contributed by atoms with E-state index in [1.54, 1.807) is 22.7 Å². The molecule has 0 saturated carbocycles. The molecule has 138 valence electrons. The molecule has 0 atom stereocenters. The van der Waals surface area contributed by atoms with Gasteiger partial charge in [0.1, 0.15) is 24.7 Å². The molecule has 0 spiro atoms. The number of ether oxygens (including phenoxy) is 4. The molecule has 0 amide bonds. The summed E-state index contributed by atoms with van der Waals surface area (Å²) in [6, 6.07) is 4.09. The zero-order valence-corrected chi connectivity index (χ0v) is 16.2. The first-order chi connectivity index (χ1) is 12.4. The summed E-state index contributed by atoms with van der Waals surface area (Å²) in [5, 5.41) is 4.18. The van der Waals surface area contributed by atoms with Crippen molar-refractivity contribution in [2.75, 3.05) is 46.2 Å². The Labute approximate surface area is 157 Å². The number of thiophene rings is 2. The van der Waals surface area contributed by atoms with E-state index in [4.69, 9.17) is 18.9 Å². The molecule has 0 unspecified atom stereocenters. The minimum atomic E-state index is 0.564. The van der Waals surface area contributed by atoms with Gasteiger partial charge in [-0.25, -0.2) is 0 Å². The third-order valence-electron chi connectivity index (χ3n) is 3.93. The molecule has 7 heteroatoms. The number of hydrogen-bond acceptors (Lipinski definition) is 7. The van der Waals surface area contributed by atoms with Crippen molar-refractivity contribution < 1.29 is 18.9 Å². The molecule has 0 aliphatic carbocycles. The molecule has 0 aromatic carbocycles. The topological polar surface area (TPSA) is 40.2 Å². The normalized spacial score (nSPS) is 18.4. The molecule has 2 aromatic rings. The molecular formula is C18H25NO4S2. The Kier molecular flexibility index (Phi) is 7.56. The highest BCUT2D eigenvalue weighted by Gasteiger charge is 2.14. The zero-order valence-electron chi connectivity index (χ0n) is 14.6. The molecule has 2 aromatic heterocycles. The summed E-state index contributed by atoms with van der Waals surface area (Å²) >= 11 is 3.49. The van der Waals surface area contributed by atoms with Gasteiger partial charge in [0.25, 0.3) is 0 Å². The van der Waals surface area contributed by atoms with Gasteiger partial charge < -0.3 is 18.9 Å². The second-order valence-electron chi connectivity index (χ2n) is 5.64. The van der Waals surface area contributed by atoms with E-state index in [9.17, 15) is 0 Å². The molecule has 0 radical (unpaired) electrons. The van der Waals surface area contributed by atoms with Crippen LogP contribution in [0.4, 0.5) is 0 Å². The lowest BCUT2D eigenvalue weighted by molar-refractivity contribution is 0.0273. The second kappa shape index (κ2) is 10.1. The summed E-state index contributed by atoms with van der Waals surface area (Å²) in [4.78, 5) is 4.92. The fraction of sp³-hybridized carbons (Fsp3) is 0.556. The Balaban J connectivity index is 1.70. The Morgan fingerprint density at radius 2 is 1.28 bits per heavy atom. The van der Waals surface area contributed by atoms with E-state index in [2.05, 4.69) is 22.6 Å². The number of nitrogens with zero attached hydrogens (tertiary/aromatic N) is 1. The van der Waals surface area contributed by atoms with Crippen LogP contribution in [0.3, 0.4) is 0 Å². The Morgan fingerprint density at radius 1 is 0.800 bits per heavy atom. The van der Waals surface area contributed by atoms with E-state index in [1.807, 2.05) is 12.1 Å². The summed E-state index contributed by atoms with van der Waals surface area (Å²) in [5.41, 5.74) is 0. The molecule has 5 nitrogen and oxygen atoms in total. The maximum atomic E-state index is 5.90. The molecule has 0 N–H and O–H groups in total. The van der Waals surface area contributed by atoms with Crippen molar-refractivity contribution in [1.82, 2.24) is 4.90 Å². The van der Waals surface area contributed by atoms with Gasteiger partial charge in [0.05, 0.1) is 36.2 Å². The molecular weight excluding hydrogens is 358 g/mol. The third-order valence-corrected chi connectivity index (χ3v) is 5.71. The van der Waals surface area contributed by atoms with Crippen molar-refractivity contribution in [3.05, 3.63) is 32.6 Å². The number of fused-ring (bicyclic) bond motifs is 2. The minimum Gasteiger partial charge on any atom is -0.490 e. The van der Waals surface area contributed by atoms with Gasteiger partial charge >= 0.3 is 0 Å². The van der Waals surface area contributed by atoms with E-state index in [0.717, 1.165) is 31.1 Å². The van der Waals surface area contributed by atoms with Gasteiger partial charge in [0.15, 0.2) is 0 Å². The quantitative estimate of drug-likeness (QED) is 0.752. The van der Waals surface area contributed by atoms with Gasteiger partial charge in [-0.15, -0.1) is 22.7 Å². The monoisotopic (exact) mass is 383 g/mol. The van der Waals surface area contributed by atoms with Crippen molar-refractivity contribution >= 4 is 22.7 Å². The van der Waals surface area contributed by atoms with Crippen molar-refractivity contribution in [2.45, 2.75) is 20.0 Å². The first kappa shape index (κ1) is 18.7. The fourth-order valence-electron chi connectivity index (χ4n) is 2.57. The smallest absolute Gasteiger partial charge is 0.134 e. The number of hydrogen-bond donors (Lipinski definition) is 0. The maximum absolute atomic E-state index is 5.90. The van der Waals surface area contributed by atoms with Crippen LogP contribution in [0.1, 0.15) is 16.7 Å². The van der Waals surface area contributed by atoms with Crippen molar-refractivity contribution in [3.63, 3.8) is 0 Å². The fourth-order valence-corrected chi connectivity index (χ4v) is 4.29. The molecule has 1 aliphatic heterocycles. The average Bonchev–Trinajstić information content (AvgIpc) is 3.24. The van der Waals surface area contributed by atoms with E-state index >= 15 is 0 Å². The van der Waals surface area contributed by atoms with Gasteiger partial charge in [-0.05, 0) is 29.4 Å². The third kappa shape index (κ3) is 5.69. The van der Waals surface area contributed by atoms with E-state index < -0.39 is 0 Å². The predicted octanol–water partition coefficient (Wildman–Crippen LogP) is 3.64. The van der Waals surface area contributed by atoms with Gasteiger partial charge in [-0.1, -0.05) is 6.92 Å². The van der Waals surface area contributed by atoms with Crippen LogP contribution in [0.2, 0.25) is 0 Å². The summed E-state index contributed by atoms with van der Waals surface area (Å²) in [7, 11) is 0. The van der Waals surface area contributed by atoms with Crippen LogP contribution >= 0.6 is 22.7 Å². The summed E-state index contributed by atoms with van der Waals surface area (Å²) < 4.78 is 22.9.